The van der Waals surface area contributed by atoms with E-state index >= 15 is 0 Å². The number of alkyl halides is 3. The first-order valence-electron chi connectivity index (χ1n) is 7.47. The van der Waals surface area contributed by atoms with Gasteiger partial charge >= 0.3 is 6.36 Å². The van der Waals surface area contributed by atoms with Crippen LogP contribution in [0.25, 0.3) is 0 Å². The highest BCUT2D eigenvalue weighted by atomic mass is 32.2. The van der Waals surface area contributed by atoms with E-state index in [1.807, 2.05) is 0 Å². The Morgan fingerprint density at radius 1 is 1.16 bits per heavy atom. The molecular weight excluding hydrogens is 361 g/mol. The van der Waals surface area contributed by atoms with Crippen LogP contribution in [0.1, 0.15) is 12.8 Å². The van der Waals surface area contributed by atoms with Gasteiger partial charge in [-0.1, -0.05) is 0 Å². The summed E-state index contributed by atoms with van der Waals surface area (Å²) in [6.45, 7) is 0.663. The molecule has 136 valence electrons. The van der Waals surface area contributed by atoms with Crippen molar-refractivity contribution >= 4 is 10.0 Å². The van der Waals surface area contributed by atoms with Gasteiger partial charge in [-0.3, -0.25) is 0 Å². The average Bonchev–Trinajstić information content (AvgIpc) is 3.18. The predicted octanol–water partition coefficient (Wildman–Crippen LogP) is 2.03. The van der Waals surface area contributed by atoms with Crippen LogP contribution in [-0.2, 0) is 16.6 Å². The SMILES string of the molecule is O=S(=O)(c1ccc(OC(F)(F)F)cc1)N1CCCC1Cn1nccn1. The van der Waals surface area contributed by atoms with Crippen molar-refractivity contribution in [3.63, 3.8) is 0 Å². The molecule has 1 aromatic carbocycles. The number of hydrogen-bond donors (Lipinski definition) is 0. The molecule has 1 fully saturated rings. The van der Waals surface area contributed by atoms with Crippen LogP contribution >= 0.6 is 0 Å². The van der Waals surface area contributed by atoms with Crippen molar-refractivity contribution in [2.45, 2.75) is 36.7 Å². The Hall–Kier alpha value is -2.14. The first-order valence-corrected chi connectivity index (χ1v) is 8.91. The number of rotatable bonds is 5. The summed E-state index contributed by atoms with van der Waals surface area (Å²) in [6, 6.07) is 3.89. The highest BCUT2D eigenvalue weighted by Gasteiger charge is 2.36. The van der Waals surface area contributed by atoms with Crippen molar-refractivity contribution in [3.05, 3.63) is 36.7 Å². The lowest BCUT2D eigenvalue weighted by Gasteiger charge is -2.23. The Bertz CT molecular complexity index is 807. The van der Waals surface area contributed by atoms with Crippen LogP contribution in [0.3, 0.4) is 0 Å². The molecule has 0 amide bonds. The molecule has 0 saturated carbocycles. The molecule has 1 aromatic heterocycles. The van der Waals surface area contributed by atoms with E-state index in [1.165, 1.54) is 21.5 Å². The quantitative estimate of drug-likeness (QED) is 0.798. The molecule has 2 aromatic rings. The van der Waals surface area contributed by atoms with Crippen LogP contribution in [-0.4, -0.2) is 46.7 Å². The Balaban J connectivity index is 1.78. The molecule has 0 radical (unpaired) electrons. The van der Waals surface area contributed by atoms with Crippen molar-refractivity contribution in [3.8, 4) is 5.75 Å². The molecular formula is C14H15F3N4O3S. The normalized spacial score (nSPS) is 19.2. The van der Waals surface area contributed by atoms with Gasteiger partial charge in [-0.15, -0.1) is 13.2 Å². The van der Waals surface area contributed by atoms with E-state index in [0.29, 0.717) is 25.9 Å². The van der Waals surface area contributed by atoms with Crippen molar-refractivity contribution in [2.24, 2.45) is 0 Å². The highest BCUT2D eigenvalue weighted by Crippen LogP contribution is 2.29. The molecule has 0 spiro atoms. The fraction of sp³-hybridized carbons (Fsp3) is 0.429. The van der Waals surface area contributed by atoms with E-state index in [2.05, 4.69) is 14.9 Å². The summed E-state index contributed by atoms with van der Waals surface area (Å²) in [5.74, 6) is -0.467. The minimum Gasteiger partial charge on any atom is -0.406 e. The number of sulfonamides is 1. The molecule has 1 unspecified atom stereocenters. The third kappa shape index (κ3) is 4.10. The van der Waals surface area contributed by atoms with Gasteiger partial charge in [0.1, 0.15) is 5.75 Å². The van der Waals surface area contributed by atoms with Crippen molar-refractivity contribution in [1.82, 2.24) is 19.3 Å². The maximum absolute atomic E-state index is 12.8. The van der Waals surface area contributed by atoms with Gasteiger partial charge < -0.3 is 4.74 Å². The lowest BCUT2D eigenvalue weighted by Crippen LogP contribution is -2.38. The number of benzene rings is 1. The molecule has 1 atom stereocenters. The zero-order chi connectivity index (χ0) is 18.1. The predicted molar refractivity (Wildman–Crippen MR) is 80.1 cm³/mol. The van der Waals surface area contributed by atoms with Crippen LogP contribution in [0.2, 0.25) is 0 Å². The Morgan fingerprint density at radius 2 is 1.80 bits per heavy atom. The summed E-state index contributed by atoms with van der Waals surface area (Å²) < 4.78 is 67.2. The molecule has 0 N–H and O–H groups in total. The first-order chi connectivity index (χ1) is 11.8. The number of hydrogen-bond acceptors (Lipinski definition) is 5. The zero-order valence-corrected chi connectivity index (χ0v) is 13.7. The van der Waals surface area contributed by atoms with Gasteiger partial charge in [0.05, 0.1) is 23.8 Å². The first kappa shape index (κ1) is 17.7. The molecule has 0 aliphatic carbocycles. The topological polar surface area (TPSA) is 77.3 Å². The zero-order valence-electron chi connectivity index (χ0n) is 12.9. The Kier molecular flexibility index (Phi) is 4.69. The highest BCUT2D eigenvalue weighted by molar-refractivity contribution is 7.89. The maximum atomic E-state index is 12.8. The van der Waals surface area contributed by atoms with Gasteiger partial charge in [0, 0.05) is 12.6 Å². The monoisotopic (exact) mass is 376 g/mol. The van der Waals surface area contributed by atoms with Gasteiger partial charge in [0.2, 0.25) is 10.0 Å². The Labute approximate surface area is 142 Å². The minimum atomic E-state index is -4.82. The summed E-state index contributed by atoms with van der Waals surface area (Å²) in [4.78, 5) is 1.33. The molecule has 1 aliphatic heterocycles. The number of nitrogens with zero attached hydrogens (tertiary/aromatic N) is 4. The molecule has 7 nitrogen and oxygen atoms in total. The van der Waals surface area contributed by atoms with Gasteiger partial charge in [0.25, 0.3) is 0 Å². The molecule has 2 heterocycles. The summed E-state index contributed by atoms with van der Waals surface area (Å²) in [7, 11) is -3.82. The van der Waals surface area contributed by atoms with Crippen molar-refractivity contribution < 1.29 is 26.3 Å². The van der Waals surface area contributed by atoms with Crippen molar-refractivity contribution in [1.29, 1.82) is 0 Å². The van der Waals surface area contributed by atoms with Crippen LogP contribution in [0.4, 0.5) is 13.2 Å². The van der Waals surface area contributed by atoms with Gasteiger partial charge in [-0.05, 0) is 37.1 Å². The van der Waals surface area contributed by atoms with Crippen LogP contribution in [0, 0.1) is 0 Å². The smallest absolute Gasteiger partial charge is 0.406 e. The van der Waals surface area contributed by atoms with E-state index in [9.17, 15) is 21.6 Å². The lowest BCUT2D eigenvalue weighted by molar-refractivity contribution is -0.274. The van der Waals surface area contributed by atoms with Gasteiger partial charge in [-0.2, -0.15) is 19.3 Å². The van der Waals surface area contributed by atoms with Crippen LogP contribution in [0.5, 0.6) is 5.75 Å². The molecule has 11 heteroatoms. The second-order valence-corrected chi connectivity index (χ2v) is 7.41. The van der Waals surface area contributed by atoms with E-state index in [-0.39, 0.29) is 10.9 Å². The van der Waals surface area contributed by atoms with Crippen molar-refractivity contribution in [2.75, 3.05) is 6.54 Å². The average molecular weight is 376 g/mol. The number of aromatic nitrogens is 3. The third-order valence-electron chi connectivity index (χ3n) is 3.83. The van der Waals surface area contributed by atoms with Gasteiger partial charge in [-0.25, -0.2) is 8.42 Å². The van der Waals surface area contributed by atoms with E-state index in [0.717, 1.165) is 24.3 Å². The van der Waals surface area contributed by atoms with E-state index in [4.69, 9.17) is 0 Å². The standard InChI is InChI=1S/C14H15F3N4O3S/c15-14(16,17)24-12-3-5-13(6-4-12)25(22,23)20-9-1-2-11(20)10-21-18-7-8-19-21/h3-8,11H,1-2,9-10H2. The van der Waals surface area contributed by atoms with E-state index in [1.54, 1.807) is 0 Å². The molecule has 3 rings (SSSR count). The van der Waals surface area contributed by atoms with Gasteiger partial charge in [0.15, 0.2) is 0 Å². The van der Waals surface area contributed by atoms with Crippen LogP contribution < -0.4 is 4.74 Å². The Morgan fingerprint density at radius 3 is 2.40 bits per heavy atom. The second-order valence-electron chi connectivity index (χ2n) is 5.51. The summed E-state index contributed by atoms with van der Waals surface area (Å²) in [6.07, 6.45) is -0.450. The third-order valence-corrected chi connectivity index (χ3v) is 5.79. The molecule has 1 aliphatic rings. The molecule has 0 bridgehead atoms. The molecule has 25 heavy (non-hydrogen) atoms. The summed E-state index contributed by atoms with van der Waals surface area (Å²) >= 11 is 0. The number of halogens is 3. The molecule has 1 saturated heterocycles. The van der Waals surface area contributed by atoms with E-state index < -0.39 is 22.1 Å². The fourth-order valence-corrected chi connectivity index (χ4v) is 4.47. The summed E-state index contributed by atoms with van der Waals surface area (Å²) in [5.41, 5.74) is 0. The fourth-order valence-electron chi connectivity index (χ4n) is 2.78. The minimum absolute atomic E-state index is 0.0812. The lowest BCUT2D eigenvalue weighted by atomic mass is 10.2. The largest absolute Gasteiger partial charge is 0.573 e. The second kappa shape index (κ2) is 6.64. The summed E-state index contributed by atoms with van der Waals surface area (Å²) in [5, 5.41) is 7.95. The van der Waals surface area contributed by atoms with Crippen LogP contribution in [0.15, 0.2) is 41.6 Å². The maximum Gasteiger partial charge on any atom is 0.573 e. The number of ether oxygens (including phenoxy) is 1.